The number of hydrogen-bond acceptors (Lipinski definition) is 1. The van der Waals surface area contributed by atoms with Crippen molar-refractivity contribution in [3.05, 3.63) is 47.5 Å². The van der Waals surface area contributed by atoms with Crippen molar-refractivity contribution in [1.82, 2.24) is 0 Å². The summed E-state index contributed by atoms with van der Waals surface area (Å²) in [6, 6.07) is 9.06. The van der Waals surface area contributed by atoms with E-state index in [9.17, 15) is 0 Å². The van der Waals surface area contributed by atoms with Gasteiger partial charge in [0.05, 0.1) is 0 Å². The molecule has 2 bridgehead atoms. The van der Waals surface area contributed by atoms with E-state index in [2.05, 4.69) is 36.4 Å². The van der Waals surface area contributed by atoms with E-state index in [0.29, 0.717) is 11.8 Å². The fourth-order valence-electron chi connectivity index (χ4n) is 2.80. The molecule has 1 aromatic carbocycles. The normalized spacial score (nSPS) is 33.9. The third kappa shape index (κ3) is 1.12. The van der Waals surface area contributed by atoms with Crippen LogP contribution in [0.4, 0.5) is 0 Å². The van der Waals surface area contributed by atoms with Gasteiger partial charge in [-0.3, -0.25) is 0 Å². The molecule has 2 aliphatic rings. The van der Waals surface area contributed by atoms with Gasteiger partial charge in [-0.05, 0) is 29.9 Å². The lowest BCUT2D eigenvalue weighted by Gasteiger charge is -2.36. The third-order valence-corrected chi connectivity index (χ3v) is 3.60. The molecule has 0 unspecified atom stereocenters. The Morgan fingerprint density at radius 2 is 2.00 bits per heavy atom. The second kappa shape index (κ2) is 2.96. The summed E-state index contributed by atoms with van der Waals surface area (Å²) in [4.78, 5) is 0. The highest BCUT2D eigenvalue weighted by Gasteiger charge is 2.30. The number of rotatable bonds is 0. The minimum Gasteiger partial charge on any atom is -0.324 e. The summed E-state index contributed by atoms with van der Waals surface area (Å²) in [5.41, 5.74) is 9.08. The first-order valence-corrected chi connectivity index (χ1v) is 5.36. The fourth-order valence-corrected chi connectivity index (χ4v) is 2.80. The Morgan fingerprint density at radius 3 is 2.93 bits per heavy atom. The highest BCUT2D eigenvalue weighted by atomic mass is 14.7. The average molecular weight is 185 g/mol. The number of benzene rings is 1. The van der Waals surface area contributed by atoms with Crippen LogP contribution in [0.1, 0.15) is 23.5 Å². The molecule has 0 radical (unpaired) electrons. The Balaban J connectivity index is 2.09. The van der Waals surface area contributed by atoms with Gasteiger partial charge in [-0.1, -0.05) is 36.4 Å². The maximum Gasteiger partial charge on any atom is 0.0256 e. The quantitative estimate of drug-likeness (QED) is 0.616. The Morgan fingerprint density at radius 1 is 1.14 bits per heavy atom. The standard InChI is InChI=1S/C13H15N/c14-13-6-5-10-8-11(13)7-9-3-1-2-4-12(9)10/h1-6,10-11,13H,7-8,14H2/t10-,11-,13-/m0/s1. The van der Waals surface area contributed by atoms with E-state index in [1.807, 2.05) is 0 Å². The summed E-state index contributed by atoms with van der Waals surface area (Å²) < 4.78 is 0. The summed E-state index contributed by atoms with van der Waals surface area (Å²) in [6.45, 7) is 0. The summed E-state index contributed by atoms with van der Waals surface area (Å²) in [7, 11) is 0. The van der Waals surface area contributed by atoms with E-state index < -0.39 is 0 Å². The SMILES string of the molecule is N[C@H]1C=C[C@H]2C[C@@H]1Cc1ccccc12. The Labute approximate surface area is 84.6 Å². The second-order valence-electron chi connectivity index (χ2n) is 4.47. The zero-order chi connectivity index (χ0) is 9.54. The minimum atomic E-state index is 0.277. The fraction of sp³-hybridized carbons (Fsp3) is 0.385. The summed E-state index contributed by atoms with van der Waals surface area (Å²) in [6.07, 6.45) is 6.89. The monoisotopic (exact) mass is 185 g/mol. The van der Waals surface area contributed by atoms with Crippen LogP contribution in [0.3, 0.4) is 0 Å². The van der Waals surface area contributed by atoms with Crippen LogP contribution in [0.2, 0.25) is 0 Å². The number of allylic oxidation sites excluding steroid dienone is 1. The minimum absolute atomic E-state index is 0.277. The van der Waals surface area contributed by atoms with Crippen molar-refractivity contribution in [3.63, 3.8) is 0 Å². The van der Waals surface area contributed by atoms with Gasteiger partial charge in [0, 0.05) is 12.0 Å². The first kappa shape index (κ1) is 8.25. The van der Waals surface area contributed by atoms with Crippen LogP contribution in [-0.2, 0) is 6.42 Å². The molecule has 1 nitrogen and oxygen atoms in total. The lowest BCUT2D eigenvalue weighted by molar-refractivity contribution is 0.378. The van der Waals surface area contributed by atoms with Gasteiger partial charge in [-0.2, -0.15) is 0 Å². The lowest BCUT2D eigenvalue weighted by Crippen LogP contribution is -2.36. The van der Waals surface area contributed by atoms with Crippen LogP contribution in [-0.4, -0.2) is 6.04 Å². The van der Waals surface area contributed by atoms with E-state index in [1.165, 1.54) is 17.5 Å². The van der Waals surface area contributed by atoms with Crippen LogP contribution in [0.25, 0.3) is 0 Å². The van der Waals surface area contributed by atoms with Crippen molar-refractivity contribution < 1.29 is 0 Å². The van der Waals surface area contributed by atoms with Gasteiger partial charge in [-0.25, -0.2) is 0 Å². The highest BCUT2D eigenvalue weighted by molar-refractivity contribution is 5.38. The highest BCUT2D eigenvalue weighted by Crippen LogP contribution is 2.39. The molecular weight excluding hydrogens is 170 g/mol. The maximum absolute atomic E-state index is 6.06. The first-order valence-electron chi connectivity index (χ1n) is 5.36. The predicted octanol–water partition coefficient (Wildman–Crippen LogP) is 2.23. The molecule has 3 atom stereocenters. The van der Waals surface area contributed by atoms with Crippen molar-refractivity contribution >= 4 is 0 Å². The molecule has 0 saturated carbocycles. The molecular formula is C13H15N. The van der Waals surface area contributed by atoms with E-state index in [4.69, 9.17) is 5.73 Å². The van der Waals surface area contributed by atoms with Gasteiger partial charge in [-0.15, -0.1) is 0 Å². The van der Waals surface area contributed by atoms with Gasteiger partial charge in [0.15, 0.2) is 0 Å². The molecule has 0 heterocycles. The van der Waals surface area contributed by atoms with E-state index in [0.717, 1.165) is 6.42 Å². The van der Waals surface area contributed by atoms with E-state index >= 15 is 0 Å². The van der Waals surface area contributed by atoms with Crippen molar-refractivity contribution in [2.75, 3.05) is 0 Å². The van der Waals surface area contributed by atoms with Crippen LogP contribution in [0, 0.1) is 5.92 Å². The molecule has 0 amide bonds. The molecule has 0 aromatic heterocycles. The number of nitrogens with two attached hydrogens (primary N) is 1. The summed E-state index contributed by atoms with van der Waals surface area (Å²) >= 11 is 0. The molecule has 14 heavy (non-hydrogen) atoms. The van der Waals surface area contributed by atoms with Gasteiger partial charge in [0.25, 0.3) is 0 Å². The smallest absolute Gasteiger partial charge is 0.0256 e. The molecule has 2 aliphatic carbocycles. The Kier molecular flexibility index (Phi) is 1.74. The van der Waals surface area contributed by atoms with Crippen molar-refractivity contribution in [3.8, 4) is 0 Å². The van der Waals surface area contributed by atoms with Gasteiger partial charge in [0.2, 0.25) is 0 Å². The Bertz CT molecular complexity index is 381. The lowest BCUT2D eigenvalue weighted by atomic mass is 9.71. The summed E-state index contributed by atoms with van der Waals surface area (Å²) in [5.74, 6) is 1.30. The number of fused-ring (bicyclic) bond motifs is 4. The van der Waals surface area contributed by atoms with Crippen molar-refractivity contribution in [1.29, 1.82) is 0 Å². The van der Waals surface area contributed by atoms with Gasteiger partial charge >= 0.3 is 0 Å². The largest absolute Gasteiger partial charge is 0.324 e. The number of hydrogen-bond donors (Lipinski definition) is 1. The molecule has 72 valence electrons. The molecule has 0 aliphatic heterocycles. The molecule has 3 rings (SSSR count). The predicted molar refractivity (Wildman–Crippen MR) is 58.1 cm³/mol. The molecule has 2 N–H and O–H groups in total. The van der Waals surface area contributed by atoms with Crippen LogP contribution >= 0.6 is 0 Å². The van der Waals surface area contributed by atoms with Crippen LogP contribution in [0.5, 0.6) is 0 Å². The second-order valence-corrected chi connectivity index (χ2v) is 4.47. The van der Waals surface area contributed by atoms with Gasteiger partial charge < -0.3 is 5.73 Å². The molecule has 0 spiro atoms. The third-order valence-electron chi connectivity index (χ3n) is 3.60. The van der Waals surface area contributed by atoms with Crippen LogP contribution < -0.4 is 5.73 Å². The zero-order valence-corrected chi connectivity index (χ0v) is 8.19. The van der Waals surface area contributed by atoms with Crippen molar-refractivity contribution in [2.24, 2.45) is 11.7 Å². The first-order chi connectivity index (χ1) is 6.84. The molecule has 0 fully saturated rings. The molecule has 0 saturated heterocycles. The van der Waals surface area contributed by atoms with Crippen LogP contribution in [0.15, 0.2) is 36.4 Å². The van der Waals surface area contributed by atoms with E-state index in [1.54, 1.807) is 0 Å². The maximum atomic E-state index is 6.06. The topological polar surface area (TPSA) is 26.0 Å². The molecule has 1 aromatic rings. The van der Waals surface area contributed by atoms with Crippen molar-refractivity contribution in [2.45, 2.75) is 24.8 Å². The average Bonchev–Trinajstić information content (AvgIpc) is 2.24. The van der Waals surface area contributed by atoms with E-state index in [-0.39, 0.29) is 6.04 Å². The van der Waals surface area contributed by atoms with Gasteiger partial charge in [0.1, 0.15) is 0 Å². The Hall–Kier alpha value is -1.08. The molecule has 1 heteroatoms. The zero-order valence-electron chi connectivity index (χ0n) is 8.19. The summed E-state index contributed by atoms with van der Waals surface area (Å²) in [5, 5.41) is 0.